The van der Waals surface area contributed by atoms with Gasteiger partial charge in [-0.05, 0) is 22.4 Å². The van der Waals surface area contributed by atoms with Crippen LogP contribution in [0.15, 0.2) is 41.9 Å². The average Bonchev–Trinajstić information content (AvgIpc) is 3.20. The molecule has 8 heteroatoms. The van der Waals surface area contributed by atoms with Gasteiger partial charge in [0.2, 0.25) is 11.8 Å². The van der Waals surface area contributed by atoms with Crippen LogP contribution in [0, 0.1) is 0 Å². The molecule has 3 aromatic heterocycles. The first-order chi connectivity index (χ1) is 12.3. The van der Waals surface area contributed by atoms with Crippen LogP contribution in [-0.4, -0.2) is 40.7 Å². The molecular weight excluding hydrogens is 338 g/mol. The third-order valence-electron chi connectivity index (χ3n) is 3.39. The number of aromatic nitrogens is 4. The summed E-state index contributed by atoms with van der Waals surface area (Å²) in [5.74, 6) is 0.878. The molecule has 0 fully saturated rings. The summed E-state index contributed by atoms with van der Waals surface area (Å²) >= 11 is 1.61. The summed E-state index contributed by atoms with van der Waals surface area (Å²) < 4.78 is 10.5. The standard InChI is InChI=1S/C17H17N5O2S/c1-4-6-18-16-19-8-12(11-5-7-25-10-11)14(21-16)13-9-20-17(24-3)22-15(13)23-2/h4-5,7-10H,1,6H2,2-3H3,(H,18,19,21). The van der Waals surface area contributed by atoms with Crippen molar-refractivity contribution in [1.29, 1.82) is 0 Å². The Hall–Kier alpha value is -3.00. The number of rotatable bonds is 7. The monoisotopic (exact) mass is 355 g/mol. The van der Waals surface area contributed by atoms with Gasteiger partial charge in [0.25, 0.3) is 0 Å². The zero-order valence-electron chi connectivity index (χ0n) is 13.9. The zero-order valence-corrected chi connectivity index (χ0v) is 14.7. The minimum absolute atomic E-state index is 0.233. The maximum atomic E-state index is 5.41. The smallest absolute Gasteiger partial charge is 0.319 e. The van der Waals surface area contributed by atoms with E-state index in [0.29, 0.717) is 29.6 Å². The lowest BCUT2D eigenvalue weighted by Gasteiger charge is -2.12. The van der Waals surface area contributed by atoms with Gasteiger partial charge in [-0.3, -0.25) is 0 Å². The Labute approximate surface area is 149 Å². The van der Waals surface area contributed by atoms with Crippen molar-refractivity contribution < 1.29 is 9.47 Å². The van der Waals surface area contributed by atoms with E-state index in [1.165, 1.54) is 7.11 Å². The molecule has 128 valence electrons. The van der Waals surface area contributed by atoms with Crippen molar-refractivity contribution in [2.75, 3.05) is 26.1 Å². The number of thiophene rings is 1. The molecule has 0 saturated heterocycles. The molecule has 0 aromatic carbocycles. The van der Waals surface area contributed by atoms with Crippen molar-refractivity contribution in [3.05, 3.63) is 41.9 Å². The van der Waals surface area contributed by atoms with E-state index in [4.69, 9.17) is 9.47 Å². The SMILES string of the molecule is C=CCNc1ncc(-c2ccsc2)c(-c2cnc(OC)nc2OC)n1. The van der Waals surface area contributed by atoms with Crippen LogP contribution in [0.3, 0.4) is 0 Å². The highest BCUT2D eigenvalue weighted by atomic mass is 32.1. The summed E-state index contributed by atoms with van der Waals surface area (Å²) in [4.78, 5) is 17.4. The molecule has 1 N–H and O–H groups in total. The third kappa shape index (κ3) is 3.58. The number of nitrogens with one attached hydrogen (secondary N) is 1. The van der Waals surface area contributed by atoms with E-state index in [1.807, 2.05) is 16.8 Å². The van der Waals surface area contributed by atoms with Crippen LogP contribution in [0.4, 0.5) is 5.95 Å². The van der Waals surface area contributed by atoms with Crippen LogP contribution < -0.4 is 14.8 Å². The Bertz CT molecular complexity index is 867. The Morgan fingerprint density at radius 2 is 2.00 bits per heavy atom. The first-order valence-electron chi connectivity index (χ1n) is 7.46. The van der Waals surface area contributed by atoms with Crippen molar-refractivity contribution in [3.8, 4) is 34.3 Å². The highest BCUT2D eigenvalue weighted by molar-refractivity contribution is 7.08. The van der Waals surface area contributed by atoms with E-state index in [-0.39, 0.29) is 6.01 Å². The minimum Gasteiger partial charge on any atom is -0.480 e. The Balaban J connectivity index is 2.16. The Morgan fingerprint density at radius 1 is 1.16 bits per heavy atom. The molecule has 0 spiro atoms. The van der Waals surface area contributed by atoms with Crippen molar-refractivity contribution in [2.24, 2.45) is 0 Å². The topological polar surface area (TPSA) is 82.1 Å². The molecule has 3 rings (SSSR count). The van der Waals surface area contributed by atoms with Crippen LogP contribution in [0.25, 0.3) is 22.4 Å². The average molecular weight is 355 g/mol. The molecule has 0 atom stereocenters. The first kappa shape index (κ1) is 16.8. The number of methoxy groups -OCH3 is 2. The van der Waals surface area contributed by atoms with Crippen molar-refractivity contribution in [3.63, 3.8) is 0 Å². The highest BCUT2D eigenvalue weighted by Gasteiger charge is 2.18. The number of anilines is 1. The highest BCUT2D eigenvalue weighted by Crippen LogP contribution is 2.36. The summed E-state index contributed by atoms with van der Waals surface area (Å²) in [6.45, 7) is 4.25. The van der Waals surface area contributed by atoms with Gasteiger partial charge in [0.05, 0.1) is 25.5 Å². The Kier molecular flexibility index (Phi) is 5.20. The second-order valence-electron chi connectivity index (χ2n) is 4.92. The fraction of sp³-hybridized carbons (Fsp3) is 0.176. The molecule has 0 unspecified atom stereocenters. The quantitative estimate of drug-likeness (QED) is 0.651. The normalized spacial score (nSPS) is 10.3. The molecule has 0 saturated carbocycles. The lowest BCUT2D eigenvalue weighted by Crippen LogP contribution is -2.05. The molecule has 7 nitrogen and oxygen atoms in total. The number of nitrogens with zero attached hydrogens (tertiary/aromatic N) is 4. The van der Waals surface area contributed by atoms with Crippen molar-refractivity contribution >= 4 is 17.3 Å². The molecule has 25 heavy (non-hydrogen) atoms. The summed E-state index contributed by atoms with van der Waals surface area (Å²) in [7, 11) is 3.06. The molecule has 0 aliphatic rings. The van der Waals surface area contributed by atoms with E-state index in [2.05, 4.69) is 31.8 Å². The van der Waals surface area contributed by atoms with Gasteiger partial charge in [-0.15, -0.1) is 6.58 Å². The maximum absolute atomic E-state index is 5.41. The first-order valence-corrected chi connectivity index (χ1v) is 8.41. The van der Waals surface area contributed by atoms with Gasteiger partial charge in [-0.2, -0.15) is 16.3 Å². The number of hydrogen-bond acceptors (Lipinski definition) is 8. The number of ether oxygens (including phenoxy) is 2. The predicted octanol–water partition coefficient (Wildman–Crippen LogP) is 3.28. The second kappa shape index (κ2) is 7.71. The van der Waals surface area contributed by atoms with Gasteiger partial charge in [0.15, 0.2) is 0 Å². The zero-order chi connectivity index (χ0) is 17.6. The molecule has 0 amide bonds. The van der Waals surface area contributed by atoms with Crippen LogP contribution in [0.1, 0.15) is 0 Å². The summed E-state index contributed by atoms with van der Waals surface area (Å²) in [5, 5.41) is 7.14. The fourth-order valence-electron chi connectivity index (χ4n) is 2.23. The van der Waals surface area contributed by atoms with Crippen molar-refractivity contribution in [2.45, 2.75) is 0 Å². The molecule has 3 heterocycles. The van der Waals surface area contributed by atoms with Gasteiger partial charge in [-0.25, -0.2) is 15.0 Å². The third-order valence-corrected chi connectivity index (χ3v) is 4.07. The van der Waals surface area contributed by atoms with Crippen LogP contribution >= 0.6 is 11.3 Å². The predicted molar refractivity (Wildman–Crippen MR) is 98.2 cm³/mol. The summed E-state index contributed by atoms with van der Waals surface area (Å²) in [6, 6.07) is 2.25. The van der Waals surface area contributed by atoms with E-state index in [1.54, 1.807) is 36.9 Å². The van der Waals surface area contributed by atoms with E-state index in [9.17, 15) is 0 Å². The minimum atomic E-state index is 0.233. The van der Waals surface area contributed by atoms with E-state index in [0.717, 1.165) is 11.1 Å². The summed E-state index contributed by atoms with van der Waals surface area (Å²) in [6.07, 6.45) is 5.16. The lowest BCUT2D eigenvalue weighted by molar-refractivity contribution is 0.353. The molecule has 0 aliphatic carbocycles. The molecule has 0 aliphatic heterocycles. The largest absolute Gasteiger partial charge is 0.480 e. The number of hydrogen-bond donors (Lipinski definition) is 1. The van der Waals surface area contributed by atoms with Crippen LogP contribution in [-0.2, 0) is 0 Å². The van der Waals surface area contributed by atoms with Crippen LogP contribution in [0.2, 0.25) is 0 Å². The van der Waals surface area contributed by atoms with E-state index < -0.39 is 0 Å². The molecule has 3 aromatic rings. The second-order valence-corrected chi connectivity index (χ2v) is 5.70. The van der Waals surface area contributed by atoms with Crippen molar-refractivity contribution in [1.82, 2.24) is 19.9 Å². The van der Waals surface area contributed by atoms with Gasteiger partial charge < -0.3 is 14.8 Å². The van der Waals surface area contributed by atoms with Gasteiger partial charge in [0, 0.05) is 24.5 Å². The molecule has 0 radical (unpaired) electrons. The van der Waals surface area contributed by atoms with Gasteiger partial charge in [0.1, 0.15) is 0 Å². The van der Waals surface area contributed by atoms with Gasteiger partial charge in [-0.1, -0.05) is 6.08 Å². The van der Waals surface area contributed by atoms with Crippen LogP contribution in [0.5, 0.6) is 11.9 Å². The maximum Gasteiger partial charge on any atom is 0.319 e. The molecule has 0 bridgehead atoms. The fourth-order valence-corrected chi connectivity index (χ4v) is 2.89. The van der Waals surface area contributed by atoms with Gasteiger partial charge >= 0.3 is 6.01 Å². The lowest BCUT2D eigenvalue weighted by atomic mass is 10.1. The molecular formula is C17H17N5O2S. The summed E-state index contributed by atoms with van der Waals surface area (Å²) in [5.41, 5.74) is 3.23. The Morgan fingerprint density at radius 3 is 2.68 bits per heavy atom. The van der Waals surface area contributed by atoms with E-state index >= 15 is 0 Å².